The van der Waals surface area contributed by atoms with Gasteiger partial charge in [0.2, 0.25) is 0 Å². The lowest BCUT2D eigenvalue weighted by Crippen LogP contribution is -2.35. The van der Waals surface area contributed by atoms with Crippen LogP contribution in [-0.4, -0.2) is 38.1 Å². The first kappa shape index (κ1) is 13.1. The molecule has 1 amide bonds. The Morgan fingerprint density at radius 3 is 2.62 bits per heavy atom. The van der Waals surface area contributed by atoms with Gasteiger partial charge in [-0.25, -0.2) is 4.79 Å². The van der Waals surface area contributed by atoms with Gasteiger partial charge in [0, 0.05) is 13.2 Å². The van der Waals surface area contributed by atoms with Crippen molar-refractivity contribution in [3.63, 3.8) is 0 Å². The highest BCUT2D eigenvalue weighted by atomic mass is 19.4. The lowest BCUT2D eigenvalue weighted by Gasteiger charge is -2.13. The van der Waals surface area contributed by atoms with Gasteiger partial charge in [-0.05, 0) is 19.3 Å². The van der Waals surface area contributed by atoms with Crippen molar-refractivity contribution in [3.8, 4) is 0 Å². The van der Waals surface area contributed by atoms with Crippen LogP contribution in [0, 0.1) is 0 Å². The number of alkyl carbamates (subject to hydrolysis) is 1. The Hall–Kier alpha value is -0.980. The molecule has 0 aromatic rings. The van der Waals surface area contributed by atoms with E-state index in [9.17, 15) is 18.0 Å². The molecule has 4 nitrogen and oxygen atoms in total. The first-order valence-corrected chi connectivity index (χ1v) is 4.93. The molecule has 94 valence electrons. The number of amides is 1. The SMILES string of the molecule is COC1CCC(NC(=O)OCC(F)(F)F)C1. The first-order chi connectivity index (χ1) is 7.40. The van der Waals surface area contributed by atoms with E-state index in [4.69, 9.17) is 4.74 Å². The molecule has 1 saturated carbocycles. The molecule has 0 radical (unpaired) electrons. The van der Waals surface area contributed by atoms with Crippen LogP contribution in [0.5, 0.6) is 0 Å². The van der Waals surface area contributed by atoms with E-state index in [0.717, 1.165) is 6.42 Å². The molecule has 2 atom stereocenters. The summed E-state index contributed by atoms with van der Waals surface area (Å²) in [6.07, 6.45) is -3.35. The third kappa shape index (κ3) is 4.69. The normalized spacial score (nSPS) is 25.5. The molecular formula is C9H14F3NO3. The van der Waals surface area contributed by atoms with E-state index in [0.29, 0.717) is 12.8 Å². The molecule has 1 aliphatic rings. The van der Waals surface area contributed by atoms with E-state index in [1.54, 1.807) is 7.11 Å². The maximum atomic E-state index is 11.7. The zero-order valence-electron chi connectivity index (χ0n) is 8.84. The Morgan fingerprint density at radius 1 is 1.44 bits per heavy atom. The van der Waals surface area contributed by atoms with Gasteiger partial charge in [0.15, 0.2) is 6.61 Å². The minimum Gasteiger partial charge on any atom is -0.440 e. The average Bonchev–Trinajstić information content (AvgIpc) is 2.61. The summed E-state index contributed by atoms with van der Waals surface area (Å²) in [5.74, 6) is 0. The lowest BCUT2D eigenvalue weighted by molar-refractivity contribution is -0.160. The summed E-state index contributed by atoms with van der Waals surface area (Å²) in [6, 6.07) is -0.161. The number of carbonyl (C=O) groups excluding carboxylic acids is 1. The highest BCUT2D eigenvalue weighted by Crippen LogP contribution is 2.21. The second-order valence-electron chi connectivity index (χ2n) is 3.70. The molecule has 0 saturated heterocycles. The second-order valence-corrected chi connectivity index (χ2v) is 3.70. The van der Waals surface area contributed by atoms with Gasteiger partial charge in [0.05, 0.1) is 6.10 Å². The van der Waals surface area contributed by atoms with Crippen molar-refractivity contribution in [2.75, 3.05) is 13.7 Å². The van der Waals surface area contributed by atoms with E-state index in [2.05, 4.69) is 10.1 Å². The molecule has 2 unspecified atom stereocenters. The minimum atomic E-state index is -4.48. The zero-order valence-corrected chi connectivity index (χ0v) is 8.84. The van der Waals surface area contributed by atoms with Crippen molar-refractivity contribution >= 4 is 6.09 Å². The van der Waals surface area contributed by atoms with Gasteiger partial charge in [-0.15, -0.1) is 0 Å². The molecule has 7 heteroatoms. The number of alkyl halides is 3. The molecular weight excluding hydrogens is 227 g/mol. The number of rotatable bonds is 3. The summed E-state index contributed by atoms with van der Waals surface area (Å²) in [7, 11) is 1.56. The van der Waals surface area contributed by atoms with Gasteiger partial charge in [0.1, 0.15) is 0 Å². The molecule has 16 heavy (non-hydrogen) atoms. The van der Waals surface area contributed by atoms with Crippen molar-refractivity contribution in [2.45, 2.75) is 37.6 Å². The van der Waals surface area contributed by atoms with Gasteiger partial charge >= 0.3 is 12.3 Å². The van der Waals surface area contributed by atoms with Crippen molar-refractivity contribution < 1.29 is 27.4 Å². The summed E-state index contributed by atoms with van der Waals surface area (Å²) < 4.78 is 44.2. The highest BCUT2D eigenvalue weighted by molar-refractivity contribution is 5.67. The molecule has 0 spiro atoms. The van der Waals surface area contributed by atoms with E-state index < -0.39 is 18.9 Å². The molecule has 1 fully saturated rings. The predicted octanol–water partition coefficient (Wildman–Crippen LogP) is 1.84. The van der Waals surface area contributed by atoms with Crippen molar-refractivity contribution in [1.82, 2.24) is 5.32 Å². The van der Waals surface area contributed by atoms with Crippen LogP contribution in [0.4, 0.5) is 18.0 Å². The van der Waals surface area contributed by atoms with Gasteiger partial charge in [-0.1, -0.05) is 0 Å². The number of hydrogen-bond acceptors (Lipinski definition) is 3. The minimum absolute atomic E-state index is 0.0629. The Kier molecular flexibility index (Phi) is 4.40. The van der Waals surface area contributed by atoms with Gasteiger partial charge in [-0.3, -0.25) is 0 Å². The summed E-state index contributed by atoms with van der Waals surface area (Å²) in [6.45, 7) is -1.56. The fourth-order valence-corrected chi connectivity index (χ4v) is 1.64. The van der Waals surface area contributed by atoms with Crippen LogP contribution in [-0.2, 0) is 9.47 Å². The molecule has 0 aliphatic heterocycles. The number of carbonyl (C=O) groups is 1. The lowest BCUT2D eigenvalue weighted by atomic mass is 10.2. The van der Waals surface area contributed by atoms with Crippen molar-refractivity contribution in [3.05, 3.63) is 0 Å². The summed E-state index contributed by atoms with van der Waals surface area (Å²) in [5.41, 5.74) is 0. The van der Waals surface area contributed by atoms with Gasteiger partial charge in [-0.2, -0.15) is 13.2 Å². The number of halogens is 3. The third-order valence-electron chi connectivity index (χ3n) is 2.41. The smallest absolute Gasteiger partial charge is 0.422 e. The van der Waals surface area contributed by atoms with Crippen LogP contribution in [0.15, 0.2) is 0 Å². The van der Waals surface area contributed by atoms with E-state index >= 15 is 0 Å². The molecule has 1 aliphatic carbocycles. The van der Waals surface area contributed by atoms with Gasteiger partial charge in [0.25, 0.3) is 0 Å². The second kappa shape index (κ2) is 5.38. The Bertz CT molecular complexity index is 245. The number of nitrogens with one attached hydrogen (secondary N) is 1. The summed E-state index contributed by atoms with van der Waals surface area (Å²) >= 11 is 0. The highest BCUT2D eigenvalue weighted by Gasteiger charge is 2.31. The fraction of sp³-hybridized carbons (Fsp3) is 0.889. The molecule has 0 bridgehead atoms. The molecule has 0 aromatic carbocycles. The van der Waals surface area contributed by atoms with Crippen LogP contribution in [0.25, 0.3) is 0 Å². The van der Waals surface area contributed by atoms with Crippen LogP contribution in [0.2, 0.25) is 0 Å². The van der Waals surface area contributed by atoms with E-state index in [-0.39, 0.29) is 12.1 Å². The van der Waals surface area contributed by atoms with E-state index in [1.165, 1.54) is 0 Å². The Morgan fingerprint density at radius 2 is 2.12 bits per heavy atom. The van der Waals surface area contributed by atoms with Gasteiger partial charge < -0.3 is 14.8 Å². The van der Waals surface area contributed by atoms with Crippen LogP contribution >= 0.6 is 0 Å². The number of ether oxygens (including phenoxy) is 2. The summed E-state index contributed by atoms with van der Waals surface area (Å²) in [5, 5.41) is 2.37. The Labute approximate surface area is 91.1 Å². The first-order valence-electron chi connectivity index (χ1n) is 4.93. The van der Waals surface area contributed by atoms with Crippen molar-refractivity contribution in [2.24, 2.45) is 0 Å². The average molecular weight is 241 g/mol. The van der Waals surface area contributed by atoms with Crippen LogP contribution in [0.3, 0.4) is 0 Å². The maximum Gasteiger partial charge on any atom is 0.422 e. The fourth-order valence-electron chi connectivity index (χ4n) is 1.64. The molecule has 1 N–H and O–H groups in total. The van der Waals surface area contributed by atoms with E-state index in [1.807, 2.05) is 0 Å². The zero-order chi connectivity index (χ0) is 12.2. The standard InChI is InChI=1S/C9H14F3NO3/c1-15-7-3-2-6(4-7)13-8(14)16-5-9(10,11)12/h6-7H,2-5H2,1H3,(H,13,14). The number of hydrogen-bond donors (Lipinski definition) is 1. The maximum absolute atomic E-state index is 11.7. The predicted molar refractivity (Wildman–Crippen MR) is 49.0 cm³/mol. The molecule has 0 heterocycles. The number of methoxy groups -OCH3 is 1. The quantitative estimate of drug-likeness (QED) is 0.820. The summed E-state index contributed by atoms with van der Waals surface area (Å²) in [4.78, 5) is 11.0. The molecule has 1 rings (SSSR count). The monoisotopic (exact) mass is 241 g/mol. The third-order valence-corrected chi connectivity index (χ3v) is 2.41. The largest absolute Gasteiger partial charge is 0.440 e. The Balaban J connectivity index is 2.20. The molecule has 0 aromatic heterocycles. The topological polar surface area (TPSA) is 47.6 Å². The van der Waals surface area contributed by atoms with Crippen LogP contribution in [0.1, 0.15) is 19.3 Å². The van der Waals surface area contributed by atoms with Crippen molar-refractivity contribution in [1.29, 1.82) is 0 Å². The van der Waals surface area contributed by atoms with Crippen LogP contribution < -0.4 is 5.32 Å².